The third-order valence-electron chi connectivity index (χ3n) is 2.98. The van der Waals surface area contributed by atoms with E-state index in [1.54, 1.807) is 29.2 Å². The summed E-state index contributed by atoms with van der Waals surface area (Å²) in [6.07, 6.45) is -0.123. The van der Waals surface area contributed by atoms with Gasteiger partial charge in [-0.2, -0.15) is 0 Å². The maximum atomic E-state index is 12.2. The molecule has 2 N–H and O–H groups in total. The van der Waals surface area contributed by atoms with Crippen molar-refractivity contribution in [2.75, 3.05) is 31.6 Å². The molecule has 0 aliphatic carbocycles. The second-order valence-electron chi connectivity index (χ2n) is 4.43. The number of carbonyl (C=O) groups is 2. The highest BCUT2D eigenvalue weighted by Crippen LogP contribution is 2.16. The number of para-hydroxylation sites is 1. The summed E-state index contributed by atoms with van der Waals surface area (Å²) in [5.74, 6) is -0.930. The van der Waals surface area contributed by atoms with Crippen LogP contribution >= 0.6 is 0 Å². The number of amides is 2. The highest BCUT2D eigenvalue weighted by Gasteiger charge is 2.14. The highest BCUT2D eigenvalue weighted by molar-refractivity contribution is 5.91. The minimum Gasteiger partial charge on any atom is -0.481 e. The monoisotopic (exact) mass is 294 g/mol. The van der Waals surface area contributed by atoms with Crippen LogP contribution in [0.1, 0.15) is 19.4 Å². The van der Waals surface area contributed by atoms with Crippen LogP contribution in [0.25, 0.3) is 0 Å². The Morgan fingerprint density at radius 1 is 1.29 bits per heavy atom. The fraction of sp³-hybridized carbons (Fsp3) is 0.467. The van der Waals surface area contributed by atoms with Gasteiger partial charge in [-0.1, -0.05) is 18.2 Å². The van der Waals surface area contributed by atoms with Crippen LogP contribution in [0, 0.1) is 0 Å². The Morgan fingerprint density at radius 3 is 2.62 bits per heavy atom. The van der Waals surface area contributed by atoms with E-state index in [0.717, 1.165) is 0 Å². The number of ether oxygens (including phenoxy) is 1. The Balaban J connectivity index is 2.70. The van der Waals surface area contributed by atoms with E-state index in [4.69, 9.17) is 9.84 Å². The van der Waals surface area contributed by atoms with Crippen LogP contribution in [0.15, 0.2) is 24.3 Å². The largest absolute Gasteiger partial charge is 0.481 e. The van der Waals surface area contributed by atoms with Gasteiger partial charge < -0.3 is 20.1 Å². The number of hydrogen-bond donors (Lipinski definition) is 2. The van der Waals surface area contributed by atoms with E-state index in [9.17, 15) is 9.59 Å². The Morgan fingerprint density at radius 2 is 2.00 bits per heavy atom. The van der Waals surface area contributed by atoms with Gasteiger partial charge in [0.15, 0.2) is 0 Å². The fourth-order valence-corrected chi connectivity index (χ4v) is 1.88. The Bertz CT molecular complexity index is 476. The molecule has 0 aromatic heterocycles. The first-order valence-corrected chi connectivity index (χ1v) is 7.01. The molecule has 0 bridgehead atoms. The van der Waals surface area contributed by atoms with Gasteiger partial charge in [0.2, 0.25) is 0 Å². The number of anilines is 1. The van der Waals surface area contributed by atoms with Crippen LogP contribution in [-0.2, 0) is 16.0 Å². The van der Waals surface area contributed by atoms with Gasteiger partial charge in [0.1, 0.15) is 0 Å². The minimum atomic E-state index is -0.930. The molecular weight excluding hydrogens is 272 g/mol. The zero-order valence-electron chi connectivity index (χ0n) is 12.5. The molecule has 0 atom stereocenters. The first-order chi connectivity index (χ1) is 10.1. The van der Waals surface area contributed by atoms with Crippen LogP contribution in [0.4, 0.5) is 10.5 Å². The molecule has 0 saturated carbocycles. The molecule has 6 nitrogen and oxygen atoms in total. The topological polar surface area (TPSA) is 78.9 Å². The van der Waals surface area contributed by atoms with E-state index >= 15 is 0 Å². The van der Waals surface area contributed by atoms with Crippen LogP contribution in [-0.4, -0.2) is 48.3 Å². The van der Waals surface area contributed by atoms with Gasteiger partial charge in [-0.3, -0.25) is 4.79 Å². The first kappa shape index (κ1) is 17.0. The molecule has 1 aromatic rings. The van der Waals surface area contributed by atoms with Crippen LogP contribution in [0.5, 0.6) is 0 Å². The lowest BCUT2D eigenvalue weighted by molar-refractivity contribution is -0.136. The lowest BCUT2D eigenvalue weighted by atomic mass is 10.1. The number of carbonyl (C=O) groups excluding carboxylic acids is 1. The summed E-state index contributed by atoms with van der Waals surface area (Å²) in [4.78, 5) is 24.6. The summed E-state index contributed by atoms with van der Waals surface area (Å²) in [6, 6.07) is 6.65. The zero-order chi connectivity index (χ0) is 15.7. The number of carboxylic acids is 1. The summed E-state index contributed by atoms with van der Waals surface area (Å²) in [5, 5.41) is 11.6. The number of hydrogen-bond acceptors (Lipinski definition) is 3. The van der Waals surface area contributed by atoms with Crippen molar-refractivity contribution >= 4 is 17.7 Å². The van der Waals surface area contributed by atoms with Gasteiger partial charge in [0.05, 0.1) is 13.0 Å². The average molecular weight is 294 g/mol. The quantitative estimate of drug-likeness (QED) is 0.720. The molecule has 0 aliphatic rings. The molecule has 0 spiro atoms. The number of rotatable bonds is 8. The lowest BCUT2D eigenvalue weighted by Crippen LogP contribution is -2.37. The fourth-order valence-electron chi connectivity index (χ4n) is 1.88. The van der Waals surface area contributed by atoms with E-state index in [-0.39, 0.29) is 12.5 Å². The van der Waals surface area contributed by atoms with Crippen molar-refractivity contribution in [3.8, 4) is 0 Å². The predicted octanol–water partition coefficient (Wildman–Crippen LogP) is 2.20. The van der Waals surface area contributed by atoms with Crippen molar-refractivity contribution in [1.29, 1.82) is 0 Å². The molecule has 116 valence electrons. The van der Waals surface area contributed by atoms with Crippen LogP contribution < -0.4 is 5.32 Å². The van der Waals surface area contributed by atoms with Crippen molar-refractivity contribution in [3.63, 3.8) is 0 Å². The third kappa shape index (κ3) is 5.83. The van der Waals surface area contributed by atoms with E-state index in [0.29, 0.717) is 37.6 Å². The highest BCUT2D eigenvalue weighted by atomic mass is 16.5. The molecule has 0 unspecified atom stereocenters. The molecule has 1 rings (SSSR count). The normalized spacial score (nSPS) is 10.2. The Labute approximate surface area is 124 Å². The smallest absolute Gasteiger partial charge is 0.321 e. The molecule has 0 radical (unpaired) electrons. The maximum Gasteiger partial charge on any atom is 0.321 e. The molecule has 6 heteroatoms. The van der Waals surface area contributed by atoms with Gasteiger partial charge in [-0.05, 0) is 25.5 Å². The number of aliphatic carboxylic acids is 1. The molecule has 0 fully saturated rings. The van der Waals surface area contributed by atoms with Crippen molar-refractivity contribution in [1.82, 2.24) is 4.90 Å². The minimum absolute atomic E-state index is 0.123. The first-order valence-electron chi connectivity index (χ1n) is 7.01. The zero-order valence-corrected chi connectivity index (χ0v) is 12.5. The molecular formula is C15H22N2O4. The number of nitrogens with one attached hydrogen (secondary N) is 1. The van der Waals surface area contributed by atoms with Gasteiger partial charge in [0, 0.05) is 25.4 Å². The SMILES string of the molecule is CCOCCN(CC)C(=O)Nc1ccccc1CC(=O)O. The number of urea groups is 1. The van der Waals surface area contributed by atoms with Crippen molar-refractivity contribution in [2.24, 2.45) is 0 Å². The Hall–Kier alpha value is -2.08. The molecule has 0 aliphatic heterocycles. The van der Waals surface area contributed by atoms with E-state index in [2.05, 4.69) is 5.32 Å². The Kier molecular flexibility index (Phi) is 7.25. The van der Waals surface area contributed by atoms with E-state index in [1.165, 1.54) is 0 Å². The summed E-state index contributed by atoms with van der Waals surface area (Å²) in [5.41, 5.74) is 1.11. The van der Waals surface area contributed by atoms with E-state index < -0.39 is 5.97 Å². The van der Waals surface area contributed by atoms with Gasteiger partial charge in [0.25, 0.3) is 0 Å². The molecule has 1 aromatic carbocycles. The van der Waals surface area contributed by atoms with Crippen LogP contribution in [0.2, 0.25) is 0 Å². The number of nitrogens with zero attached hydrogens (tertiary/aromatic N) is 1. The van der Waals surface area contributed by atoms with Gasteiger partial charge >= 0.3 is 12.0 Å². The summed E-state index contributed by atoms with van der Waals surface area (Å²) in [6.45, 7) is 5.93. The molecule has 0 saturated heterocycles. The summed E-state index contributed by atoms with van der Waals surface area (Å²) >= 11 is 0. The van der Waals surface area contributed by atoms with Crippen molar-refractivity contribution in [2.45, 2.75) is 20.3 Å². The maximum absolute atomic E-state index is 12.2. The lowest BCUT2D eigenvalue weighted by Gasteiger charge is -2.22. The van der Waals surface area contributed by atoms with Crippen molar-refractivity contribution in [3.05, 3.63) is 29.8 Å². The third-order valence-corrected chi connectivity index (χ3v) is 2.98. The second kappa shape index (κ2) is 8.97. The number of likely N-dealkylation sites (N-methyl/N-ethyl adjacent to an activating group) is 1. The molecule has 2 amide bonds. The van der Waals surface area contributed by atoms with Crippen LogP contribution in [0.3, 0.4) is 0 Å². The number of benzene rings is 1. The van der Waals surface area contributed by atoms with Crippen molar-refractivity contribution < 1.29 is 19.4 Å². The molecule has 0 heterocycles. The summed E-state index contributed by atoms with van der Waals surface area (Å²) in [7, 11) is 0. The second-order valence-corrected chi connectivity index (χ2v) is 4.43. The summed E-state index contributed by atoms with van der Waals surface area (Å²) < 4.78 is 5.24. The molecule has 21 heavy (non-hydrogen) atoms. The van der Waals surface area contributed by atoms with E-state index in [1.807, 2.05) is 13.8 Å². The average Bonchev–Trinajstić information content (AvgIpc) is 2.45. The predicted molar refractivity (Wildman–Crippen MR) is 80.5 cm³/mol. The van der Waals surface area contributed by atoms with Gasteiger partial charge in [-0.15, -0.1) is 0 Å². The standard InChI is InChI=1S/C15H22N2O4/c1-3-17(9-10-21-4-2)15(20)16-13-8-6-5-7-12(13)11-14(18)19/h5-8H,3-4,9-11H2,1-2H3,(H,16,20)(H,18,19). The van der Waals surface area contributed by atoms with Gasteiger partial charge in [-0.25, -0.2) is 4.79 Å². The number of carboxylic acid groups (broad SMARTS) is 1.